The van der Waals surface area contributed by atoms with E-state index in [1.165, 1.54) is 0 Å². The number of hydrogen-bond acceptors (Lipinski definition) is 7. The highest BCUT2D eigenvalue weighted by Crippen LogP contribution is 2.39. The van der Waals surface area contributed by atoms with Crippen molar-refractivity contribution in [1.29, 1.82) is 0 Å². The van der Waals surface area contributed by atoms with E-state index in [0.29, 0.717) is 35.7 Å². The molecule has 1 unspecified atom stereocenters. The summed E-state index contributed by atoms with van der Waals surface area (Å²) in [4.78, 5) is 25.6. The summed E-state index contributed by atoms with van der Waals surface area (Å²) in [5, 5.41) is 3.15. The van der Waals surface area contributed by atoms with Crippen LogP contribution < -0.4 is 11.1 Å². The number of rotatable bonds is 9. The van der Waals surface area contributed by atoms with Crippen LogP contribution in [0.4, 0.5) is 0 Å². The first-order valence-electron chi connectivity index (χ1n) is 9.42. The minimum atomic E-state index is -0.614. The lowest BCUT2D eigenvalue weighted by molar-refractivity contribution is -0.139. The fourth-order valence-electron chi connectivity index (χ4n) is 3.18. The molecule has 2 rings (SSSR count). The van der Waals surface area contributed by atoms with Crippen LogP contribution in [0.5, 0.6) is 0 Å². The Labute approximate surface area is 165 Å². The monoisotopic (exact) mass is 388 g/mol. The molecule has 0 aromatic heterocycles. The molecule has 0 saturated carbocycles. The minimum absolute atomic E-state index is 0.155. The Hall–Kier alpha value is -2.64. The first kappa shape index (κ1) is 21.7. The van der Waals surface area contributed by atoms with Crippen molar-refractivity contribution in [2.24, 2.45) is 5.73 Å². The Morgan fingerprint density at radius 3 is 2.21 bits per heavy atom. The smallest absolute Gasteiger partial charge is 0.336 e. The van der Waals surface area contributed by atoms with Crippen molar-refractivity contribution < 1.29 is 23.8 Å². The van der Waals surface area contributed by atoms with Gasteiger partial charge in [-0.25, -0.2) is 9.59 Å². The van der Waals surface area contributed by atoms with Crippen molar-refractivity contribution in [2.75, 3.05) is 33.0 Å². The fraction of sp³-hybridized carbons (Fsp3) is 0.429. The lowest BCUT2D eigenvalue weighted by Gasteiger charge is -2.31. The number of benzene rings is 1. The zero-order chi connectivity index (χ0) is 20.5. The van der Waals surface area contributed by atoms with Gasteiger partial charge < -0.3 is 25.3 Å². The van der Waals surface area contributed by atoms with E-state index >= 15 is 0 Å². The van der Waals surface area contributed by atoms with Gasteiger partial charge in [0.15, 0.2) is 0 Å². The van der Waals surface area contributed by atoms with E-state index in [1.54, 1.807) is 20.8 Å². The summed E-state index contributed by atoms with van der Waals surface area (Å²) in [5.41, 5.74) is 8.21. The van der Waals surface area contributed by atoms with Crippen LogP contribution in [0, 0.1) is 0 Å². The fourth-order valence-corrected chi connectivity index (χ4v) is 3.18. The summed E-state index contributed by atoms with van der Waals surface area (Å²) < 4.78 is 16.1. The molecule has 28 heavy (non-hydrogen) atoms. The van der Waals surface area contributed by atoms with Crippen LogP contribution in [-0.2, 0) is 23.8 Å². The second-order valence-corrected chi connectivity index (χ2v) is 6.18. The molecule has 1 aromatic rings. The van der Waals surface area contributed by atoms with Gasteiger partial charge in [-0.1, -0.05) is 30.3 Å². The maximum atomic E-state index is 12.9. The summed E-state index contributed by atoms with van der Waals surface area (Å²) >= 11 is 0. The lowest BCUT2D eigenvalue weighted by atomic mass is 9.80. The van der Waals surface area contributed by atoms with Crippen molar-refractivity contribution in [3.05, 3.63) is 58.4 Å². The first-order valence-corrected chi connectivity index (χ1v) is 9.42. The SMILES string of the molecule is CCOC(=O)C1=C(C)NC(COCCN)=C(C(=O)OCC)C1c1ccccc1. The standard InChI is InChI=1S/C21H28N2O5/c1-4-27-20(24)17-14(3)23-16(13-26-12-11-22)19(21(25)28-5-2)18(17)15-9-7-6-8-10-15/h6-10,18,23H,4-5,11-13,22H2,1-3H3. The molecule has 0 fully saturated rings. The summed E-state index contributed by atoms with van der Waals surface area (Å²) in [7, 11) is 0. The van der Waals surface area contributed by atoms with E-state index in [1.807, 2.05) is 30.3 Å². The lowest BCUT2D eigenvalue weighted by Crippen LogP contribution is -2.35. The van der Waals surface area contributed by atoms with E-state index < -0.39 is 17.9 Å². The Morgan fingerprint density at radius 2 is 1.64 bits per heavy atom. The Bertz CT molecular complexity index is 755. The third-order valence-corrected chi connectivity index (χ3v) is 4.28. The van der Waals surface area contributed by atoms with Gasteiger partial charge in [-0.2, -0.15) is 0 Å². The van der Waals surface area contributed by atoms with Gasteiger partial charge in [0.25, 0.3) is 0 Å². The van der Waals surface area contributed by atoms with Gasteiger partial charge in [0.1, 0.15) is 0 Å². The predicted octanol–water partition coefficient (Wildman–Crippen LogP) is 2.00. The summed E-state index contributed by atoms with van der Waals surface area (Å²) in [6, 6.07) is 9.36. The van der Waals surface area contributed by atoms with Gasteiger partial charge in [-0.05, 0) is 26.3 Å². The molecule has 0 aliphatic carbocycles. The van der Waals surface area contributed by atoms with Gasteiger partial charge in [-0.3, -0.25) is 0 Å². The molecule has 1 aliphatic heterocycles. The maximum absolute atomic E-state index is 12.9. The van der Waals surface area contributed by atoms with Gasteiger partial charge in [0.05, 0.1) is 49.2 Å². The molecule has 7 nitrogen and oxygen atoms in total. The third-order valence-electron chi connectivity index (χ3n) is 4.28. The van der Waals surface area contributed by atoms with Gasteiger partial charge in [0, 0.05) is 12.2 Å². The quantitative estimate of drug-likeness (QED) is 0.493. The third kappa shape index (κ3) is 4.99. The van der Waals surface area contributed by atoms with Crippen molar-refractivity contribution in [1.82, 2.24) is 5.32 Å². The van der Waals surface area contributed by atoms with Crippen molar-refractivity contribution >= 4 is 11.9 Å². The van der Waals surface area contributed by atoms with Crippen LogP contribution in [0.15, 0.2) is 52.9 Å². The molecule has 0 amide bonds. The number of esters is 2. The summed E-state index contributed by atoms with van der Waals surface area (Å²) in [5.74, 6) is -1.58. The minimum Gasteiger partial charge on any atom is -0.463 e. The molecule has 1 heterocycles. The van der Waals surface area contributed by atoms with E-state index in [4.69, 9.17) is 19.9 Å². The van der Waals surface area contributed by atoms with E-state index in [0.717, 1.165) is 5.56 Å². The molecule has 1 atom stereocenters. The Kier molecular flexibility index (Phi) is 8.22. The molecule has 0 spiro atoms. The van der Waals surface area contributed by atoms with Gasteiger partial charge in [0.2, 0.25) is 0 Å². The average Bonchev–Trinajstić information content (AvgIpc) is 2.68. The van der Waals surface area contributed by atoms with Crippen LogP contribution in [-0.4, -0.2) is 44.9 Å². The number of hydrogen-bond donors (Lipinski definition) is 2. The second kappa shape index (κ2) is 10.6. The largest absolute Gasteiger partial charge is 0.463 e. The summed E-state index contributed by atoms with van der Waals surface area (Å²) in [6.45, 7) is 6.60. The number of carbonyl (C=O) groups is 2. The maximum Gasteiger partial charge on any atom is 0.336 e. The van der Waals surface area contributed by atoms with Crippen molar-refractivity contribution in [3.8, 4) is 0 Å². The number of nitrogens with two attached hydrogens (primary N) is 1. The number of dihydropyridines is 1. The molecular weight excluding hydrogens is 360 g/mol. The normalized spacial score (nSPS) is 16.6. The first-order chi connectivity index (χ1) is 13.5. The highest BCUT2D eigenvalue weighted by atomic mass is 16.5. The average molecular weight is 388 g/mol. The Morgan fingerprint density at radius 1 is 1.04 bits per heavy atom. The van der Waals surface area contributed by atoms with Gasteiger partial charge >= 0.3 is 11.9 Å². The number of nitrogens with one attached hydrogen (secondary N) is 1. The number of allylic oxidation sites excluding steroid dienone is 1. The second-order valence-electron chi connectivity index (χ2n) is 6.18. The van der Waals surface area contributed by atoms with Gasteiger partial charge in [-0.15, -0.1) is 0 Å². The van der Waals surface area contributed by atoms with Crippen LogP contribution in [0.3, 0.4) is 0 Å². The zero-order valence-electron chi connectivity index (χ0n) is 16.6. The van der Waals surface area contributed by atoms with Crippen LogP contribution in [0.1, 0.15) is 32.3 Å². The van der Waals surface area contributed by atoms with E-state index in [2.05, 4.69) is 5.32 Å². The van der Waals surface area contributed by atoms with Crippen LogP contribution >= 0.6 is 0 Å². The topological polar surface area (TPSA) is 99.9 Å². The molecule has 1 aromatic carbocycles. The highest BCUT2D eigenvalue weighted by Gasteiger charge is 2.38. The van der Waals surface area contributed by atoms with E-state index in [-0.39, 0.29) is 19.8 Å². The zero-order valence-corrected chi connectivity index (χ0v) is 16.6. The summed E-state index contributed by atoms with van der Waals surface area (Å²) in [6.07, 6.45) is 0. The molecule has 0 bridgehead atoms. The number of ether oxygens (including phenoxy) is 3. The molecule has 152 valence electrons. The molecule has 7 heteroatoms. The van der Waals surface area contributed by atoms with Crippen LogP contribution in [0.25, 0.3) is 0 Å². The van der Waals surface area contributed by atoms with Crippen LogP contribution in [0.2, 0.25) is 0 Å². The molecule has 0 saturated heterocycles. The van der Waals surface area contributed by atoms with E-state index in [9.17, 15) is 9.59 Å². The Balaban J connectivity index is 2.60. The highest BCUT2D eigenvalue weighted by molar-refractivity contribution is 6.00. The molecule has 0 radical (unpaired) electrons. The van der Waals surface area contributed by atoms with Crippen molar-refractivity contribution in [3.63, 3.8) is 0 Å². The molecule has 3 N–H and O–H groups in total. The molecular formula is C21H28N2O5. The number of carbonyl (C=O) groups excluding carboxylic acids is 2. The van der Waals surface area contributed by atoms with Crippen molar-refractivity contribution in [2.45, 2.75) is 26.7 Å². The predicted molar refractivity (Wildman–Crippen MR) is 105 cm³/mol. The molecule has 1 aliphatic rings.